The molecule has 1 saturated heterocycles. The summed E-state index contributed by atoms with van der Waals surface area (Å²) in [7, 11) is -3.01. The van der Waals surface area contributed by atoms with Crippen molar-refractivity contribution >= 4 is 21.5 Å². The molecule has 0 aliphatic carbocycles. The third kappa shape index (κ3) is 6.49. The van der Waals surface area contributed by atoms with Gasteiger partial charge in [0.2, 0.25) is 0 Å². The maximum atomic E-state index is 11.4. The highest BCUT2D eigenvalue weighted by atomic mass is 32.2. The van der Waals surface area contributed by atoms with E-state index in [2.05, 4.69) is 46.3 Å². The normalized spacial score (nSPS) is 15.4. The monoisotopic (exact) mass is 414 g/mol. The van der Waals surface area contributed by atoms with Gasteiger partial charge >= 0.3 is 0 Å². The van der Waals surface area contributed by atoms with E-state index in [4.69, 9.17) is 4.99 Å². The summed E-state index contributed by atoms with van der Waals surface area (Å²) in [5, 5.41) is 3.40. The van der Waals surface area contributed by atoms with E-state index in [-0.39, 0.29) is 5.75 Å². The fourth-order valence-corrected chi connectivity index (χ4v) is 4.25. The molecule has 1 heterocycles. The quantitative estimate of drug-likeness (QED) is 0.581. The smallest absolute Gasteiger partial charge is 0.194 e. The third-order valence-electron chi connectivity index (χ3n) is 4.90. The number of hydrogen-bond donors (Lipinski definition) is 1. The minimum absolute atomic E-state index is 0.0743. The lowest BCUT2D eigenvalue weighted by atomic mass is 10.1. The Hall–Kier alpha value is -2.54. The van der Waals surface area contributed by atoms with E-state index in [1.165, 1.54) is 11.9 Å². The number of rotatable bonds is 6. The van der Waals surface area contributed by atoms with Crippen LogP contribution in [0.1, 0.15) is 18.1 Å². The minimum atomic E-state index is -3.01. The molecule has 6 nitrogen and oxygen atoms in total. The topological polar surface area (TPSA) is 65.0 Å². The van der Waals surface area contributed by atoms with Crippen molar-refractivity contribution < 1.29 is 8.42 Å². The summed E-state index contributed by atoms with van der Waals surface area (Å²) in [6, 6.07) is 18.2. The molecule has 156 valence electrons. The van der Waals surface area contributed by atoms with E-state index >= 15 is 0 Å². The van der Waals surface area contributed by atoms with Crippen LogP contribution in [0, 0.1) is 0 Å². The summed E-state index contributed by atoms with van der Waals surface area (Å²) in [4.78, 5) is 9.51. The van der Waals surface area contributed by atoms with Gasteiger partial charge in [-0.25, -0.2) is 13.4 Å². The van der Waals surface area contributed by atoms with Gasteiger partial charge in [-0.2, -0.15) is 0 Å². The van der Waals surface area contributed by atoms with Crippen LogP contribution in [0.25, 0.3) is 0 Å². The molecule has 0 bridgehead atoms. The van der Waals surface area contributed by atoms with E-state index in [0.29, 0.717) is 6.54 Å². The molecule has 1 N–H and O–H groups in total. The summed E-state index contributed by atoms with van der Waals surface area (Å²) in [5.74, 6) is 1.01. The summed E-state index contributed by atoms with van der Waals surface area (Å²) < 4.78 is 22.8. The molecular formula is C22H30N4O2S. The minimum Gasteiger partial charge on any atom is -0.368 e. The van der Waals surface area contributed by atoms with Crippen LogP contribution in [0.2, 0.25) is 0 Å². The standard InChI is InChI=1S/C22H30N4O2S/c1-3-23-22(24-17-19-9-11-20(12-10-19)18-29(2,27)28)26-15-13-25(14-16-26)21-7-5-4-6-8-21/h4-12H,3,13-18H2,1-2H3,(H,23,24). The molecule has 0 amide bonds. The number of nitrogens with one attached hydrogen (secondary N) is 1. The molecule has 0 aromatic heterocycles. The van der Waals surface area contributed by atoms with Crippen molar-refractivity contribution in [2.45, 2.75) is 19.2 Å². The number of nitrogens with zero attached hydrogens (tertiary/aromatic N) is 3. The average Bonchev–Trinajstić information content (AvgIpc) is 2.72. The van der Waals surface area contributed by atoms with E-state index in [0.717, 1.165) is 49.8 Å². The molecule has 1 fully saturated rings. The van der Waals surface area contributed by atoms with Gasteiger partial charge in [0.1, 0.15) is 0 Å². The van der Waals surface area contributed by atoms with Crippen molar-refractivity contribution in [3.8, 4) is 0 Å². The van der Waals surface area contributed by atoms with Crippen molar-refractivity contribution in [2.24, 2.45) is 4.99 Å². The Kier molecular flexibility index (Phi) is 7.14. The van der Waals surface area contributed by atoms with Crippen molar-refractivity contribution in [1.82, 2.24) is 10.2 Å². The fourth-order valence-electron chi connectivity index (χ4n) is 3.45. The van der Waals surface area contributed by atoms with Gasteiger partial charge in [-0.05, 0) is 30.2 Å². The van der Waals surface area contributed by atoms with Crippen molar-refractivity contribution in [2.75, 3.05) is 43.9 Å². The zero-order valence-electron chi connectivity index (χ0n) is 17.2. The number of benzene rings is 2. The van der Waals surface area contributed by atoms with E-state index in [1.54, 1.807) is 0 Å². The van der Waals surface area contributed by atoms with Gasteiger partial charge in [-0.3, -0.25) is 0 Å². The molecule has 0 unspecified atom stereocenters. The number of hydrogen-bond acceptors (Lipinski definition) is 4. The highest BCUT2D eigenvalue weighted by molar-refractivity contribution is 7.89. The average molecular weight is 415 g/mol. The molecule has 29 heavy (non-hydrogen) atoms. The predicted molar refractivity (Wildman–Crippen MR) is 120 cm³/mol. The molecule has 0 atom stereocenters. The maximum absolute atomic E-state index is 11.4. The first-order chi connectivity index (χ1) is 13.9. The van der Waals surface area contributed by atoms with Crippen LogP contribution >= 0.6 is 0 Å². The highest BCUT2D eigenvalue weighted by Gasteiger charge is 2.19. The second kappa shape index (κ2) is 9.78. The van der Waals surface area contributed by atoms with Gasteiger partial charge in [-0.15, -0.1) is 0 Å². The van der Waals surface area contributed by atoms with Crippen LogP contribution < -0.4 is 10.2 Å². The molecule has 1 aliphatic heterocycles. The molecule has 3 rings (SSSR count). The summed E-state index contributed by atoms with van der Waals surface area (Å²) in [6.07, 6.45) is 1.26. The maximum Gasteiger partial charge on any atom is 0.194 e. The number of aliphatic imine (C=N–C) groups is 1. The van der Waals surface area contributed by atoms with Crippen LogP contribution in [-0.2, 0) is 22.1 Å². The lowest BCUT2D eigenvalue weighted by molar-refractivity contribution is 0.372. The second-order valence-electron chi connectivity index (χ2n) is 7.37. The first-order valence-corrected chi connectivity index (χ1v) is 12.1. The lowest BCUT2D eigenvalue weighted by Crippen LogP contribution is -2.52. The molecule has 2 aromatic carbocycles. The van der Waals surface area contributed by atoms with Gasteiger partial charge < -0.3 is 15.1 Å². The summed E-state index contributed by atoms with van der Waals surface area (Å²) >= 11 is 0. The number of guanidine groups is 1. The lowest BCUT2D eigenvalue weighted by Gasteiger charge is -2.37. The molecule has 7 heteroatoms. The van der Waals surface area contributed by atoms with Crippen LogP contribution in [0.3, 0.4) is 0 Å². The molecule has 1 aliphatic rings. The Bertz CT molecular complexity index is 904. The number of anilines is 1. The largest absolute Gasteiger partial charge is 0.368 e. The van der Waals surface area contributed by atoms with Gasteiger partial charge in [0.25, 0.3) is 0 Å². The number of sulfone groups is 1. The van der Waals surface area contributed by atoms with Crippen molar-refractivity contribution in [3.63, 3.8) is 0 Å². The Morgan fingerprint density at radius 1 is 0.966 bits per heavy atom. The van der Waals surface area contributed by atoms with Crippen LogP contribution in [0.4, 0.5) is 5.69 Å². The zero-order chi connectivity index (χ0) is 20.7. The third-order valence-corrected chi connectivity index (χ3v) is 5.76. The SMILES string of the molecule is CCNC(=NCc1ccc(CS(C)(=O)=O)cc1)N1CCN(c2ccccc2)CC1. The highest BCUT2D eigenvalue weighted by Crippen LogP contribution is 2.16. The molecule has 0 radical (unpaired) electrons. The van der Waals surface area contributed by atoms with Gasteiger partial charge in [-0.1, -0.05) is 42.5 Å². The molecular weight excluding hydrogens is 384 g/mol. The summed E-state index contributed by atoms with van der Waals surface area (Å²) in [6.45, 7) is 7.26. The number of piperazine rings is 1. The second-order valence-corrected chi connectivity index (χ2v) is 9.51. The Balaban J connectivity index is 1.60. The Morgan fingerprint density at radius 2 is 1.59 bits per heavy atom. The summed E-state index contributed by atoms with van der Waals surface area (Å²) in [5.41, 5.74) is 3.15. The van der Waals surface area contributed by atoms with Crippen molar-refractivity contribution in [1.29, 1.82) is 0 Å². The first-order valence-electron chi connectivity index (χ1n) is 10.0. The van der Waals surface area contributed by atoms with E-state index in [9.17, 15) is 8.42 Å². The van der Waals surface area contributed by atoms with Crippen LogP contribution in [0.15, 0.2) is 59.6 Å². The predicted octanol–water partition coefficient (Wildman–Crippen LogP) is 2.52. The first kappa shape index (κ1) is 21.2. The molecule has 2 aromatic rings. The van der Waals surface area contributed by atoms with Crippen LogP contribution in [-0.4, -0.2) is 58.3 Å². The van der Waals surface area contributed by atoms with Gasteiger partial charge in [0, 0.05) is 44.7 Å². The fraction of sp³-hybridized carbons (Fsp3) is 0.409. The molecule has 0 saturated carbocycles. The van der Waals surface area contributed by atoms with Crippen molar-refractivity contribution in [3.05, 3.63) is 65.7 Å². The number of para-hydroxylation sites is 1. The Labute approximate surface area is 174 Å². The van der Waals surface area contributed by atoms with Gasteiger partial charge in [0.05, 0.1) is 12.3 Å². The van der Waals surface area contributed by atoms with Crippen LogP contribution in [0.5, 0.6) is 0 Å². The zero-order valence-corrected chi connectivity index (χ0v) is 18.0. The Morgan fingerprint density at radius 3 is 2.17 bits per heavy atom. The molecule has 0 spiro atoms. The van der Waals surface area contributed by atoms with E-state index < -0.39 is 9.84 Å². The van der Waals surface area contributed by atoms with Gasteiger partial charge in [0.15, 0.2) is 15.8 Å². The van der Waals surface area contributed by atoms with E-state index in [1.807, 2.05) is 30.3 Å².